The SMILES string of the molecule is CCCCNC(=O)C(CC)N(Cc1cccc(OC)c1)C(=O)CN(c1ccc(OC)cc1)S(C)(=O)=O. The number of anilines is 1. The van der Waals surface area contributed by atoms with Crippen LogP contribution >= 0.6 is 0 Å². The minimum absolute atomic E-state index is 0.121. The molecule has 9 nitrogen and oxygen atoms in total. The Bertz CT molecular complexity index is 1100. The van der Waals surface area contributed by atoms with Crippen LogP contribution in [0.5, 0.6) is 11.5 Å². The second-order valence-corrected chi connectivity index (χ2v) is 10.3. The van der Waals surface area contributed by atoms with Crippen molar-refractivity contribution >= 4 is 27.5 Å². The van der Waals surface area contributed by atoms with Crippen LogP contribution in [0.4, 0.5) is 5.69 Å². The lowest BCUT2D eigenvalue weighted by atomic mass is 10.1. The molecule has 10 heteroatoms. The Labute approximate surface area is 214 Å². The highest BCUT2D eigenvalue weighted by Gasteiger charge is 2.31. The number of sulfonamides is 1. The van der Waals surface area contributed by atoms with Gasteiger partial charge in [-0.15, -0.1) is 0 Å². The van der Waals surface area contributed by atoms with Crippen LogP contribution < -0.4 is 19.1 Å². The lowest BCUT2D eigenvalue weighted by Gasteiger charge is -2.33. The van der Waals surface area contributed by atoms with E-state index in [0.717, 1.165) is 29.0 Å². The number of nitrogens with one attached hydrogen (secondary N) is 1. The molecule has 0 aliphatic heterocycles. The van der Waals surface area contributed by atoms with Gasteiger partial charge >= 0.3 is 0 Å². The average molecular weight is 520 g/mol. The fourth-order valence-corrected chi connectivity index (χ4v) is 4.60. The van der Waals surface area contributed by atoms with Gasteiger partial charge < -0.3 is 19.7 Å². The number of hydrogen-bond donors (Lipinski definition) is 1. The van der Waals surface area contributed by atoms with Crippen LogP contribution in [0.3, 0.4) is 0 Å². The molecule has 0 aliphatic rings. The Morgan fingerprint density at radius 2 is 1.67 bits per heavy atom. The fourth-order valence-electron chi connectivity index (χ4n) is 3.76. The van der Waals surface area contributed by atoms with Crippen molar-refractivity contribution in [3.63, 3.8) is 0 Å². The molecule has 1 atom stereocenters. The number of carbonyl (C=O) groups excluding carboxylic acids is 2. The Kier molecular flexibility index (Phi) is 11.0. The average Bonchev–Trinajstić information content (AvgIpc) is 2.86. The van der Waals surface area contributed by atoms with Crippen LogP contribution in [0.15, 0.2) is 48.5 Å². The minimum atomic E-state index is -3.80. The molecule has 0 heterocycles. The smallest absolute Gasteiger partial charge is 0.244 e. The fraction of sp³-hybridized carbons (Fsp3) is 0.462. The van der Waals surface area contributed by atoms with E-state index >= 15 is 0 Å². The van der Waals surface area contributed by atoms with Crippen molar-refractivity contribution in [3.05, 3.63) is 54.1 Å². The number of methoxy groups -OCH3 is 2. The molecule has 2 aromatic rings. The van der Waals surface area contributed by atoms with E-state index in [2.05, 4.69) is 5.32 Å². The Morgan fingerprint density at radius 1 is 1.00 bits per heavy atom. The van der Waals surface area contributed by atoms with E-state index in [-0.39, 0.29) is 12.5 Å². The van der Waals surface area contributed by atoms with Gasteiger partial charge in [0.1, 0.15) is 24.1 Å². The van der Waals surface area contributed by atoms with E-state index in [4.69, 9.17) is 9.47 Å². The molecule has 1 N–H and O–H groups in total. The quantitative estimate of drug-likeness (QED) is 0.385. The number of rotatable bonds is 14. The first kappa shape index (κ1) is 29.0. The van der Waals surface area contributed by atoms with E-state index in [1.165, 1.54) is 12.0 Å². The van der Waals surface area contributed by atoms with Gasteiger partial charge in [-0.3, -0.25) is 13.9 Å². The molecule has 0 bridgehead atoms. The minimum Gasteiger partial charge on any atom is -0.497 e. The Balaban J connectivity index is 2.41. The van der Waals surface area contributed by atoms with Gasteiger partial charge in [0.05, 0.1) is 26.2 Å². The van der Waals surface area contributed by atoms with Crippen LogP contribution in [0, 0.1) is 0 Å². The number of hydrogen-bond acceptors (Lipinski definition) is 6. The standard InChI is InChI=1S/C26H37N3O6S/c1-6-8-16-27-26(31)24(7-2)28(18-20-10-9-11-23(17-20)35-4)25(30)19-29(36(5,32)33)21-12-14-22(34-3)15-13-21/h9-15,17,24H,6-8,16,18-19H2,1-5H3,(H,27,31). The van der Waals surface area contributed by atoms with E-state index in [1.54, 1.807) is 49.6 Å². The molecule has 36 heavy (non-hydrogen) atoms. The molecule has 1 unspecified atom stereocenters. The molecule has 198 valence electrons. The van der Waals surface area contributed by atoms with Gasteiger partial charge in [-0.05, 0) is 54.8 Å². The van der Waals surface area contributed by atoms with Crippen LogP contribution in [-0.4, -0.2) is 64.7 Å². The summed E-state index contributed by atoms with van der Waals surface area (Å²) in [6, 6.07) is 12.9. The van der Waals surface area contributed by atoms with Crippen LogP contribution in [0.2, 0.25) is 0 Å². The highest BCUT2D eigenvalue weighted by Crippen LogP contribution is 2.23. The molecule has 0 saturated heterocycles. The zero-order chi connectivity index (χ0) is 26.7. The first-order chi connectivity index (χ1) is 17.1. The highest BCUT2D eigenvalue weighted by molar-refractivity contribution is 7.92. The number of carbonyl (C=O) groups is 2. The third kappa shape index (κ3) is 8.15. The summed E-state index contributed by atoms with van der Waals surface area (Å²) in [4.78, 5) is 28.2. The zero-order valence-corrected chi connectivity index (χ0v) is 22.5. The van der Waals surface area contributed by atoms with Crippen LogP contribution in [0.25, 0.3) is 0 Å². The Hall–Kier alpha value is -3.27. The maximum Gasteiger partial charge on any atom is 0.244 e. The number of benzene rings is 2. The lowest BCUT2D eigenvalue weighted by molar-refractivity contribution is -0.140. The van der Waals surface area contributed by atoms with Gasteiger partial charge in [0.15, 0.2) is 0 Å². The lowest BCUT2D eigenvalue weighted by Crippen LogP contribution is -2.52. The monoisotopic (exact) mass is 519 g/mol. The molecule has 0 radical (unpaired) electrons. The maximum absolute atomic E-state index is 13.7. The highest BCUT2D eigenvalue weighted by atomic mass is 32.2. The number of nitrogens with zero attached hydrogens (tertiary/aromatic N) is 2. The molecular formula is C26H37N3O6S. The van der Waals surface area contributed by atoms with Crippen LogP contribution in [-0.2, 0) is 26.2 Å². The van der Waals surface area contributed by atoms with Crippen molar-refractivity contribution < 1.29 is 27.5 Å². The number of ether oxygens (including phenoxy) is 2. The molecule has 0 saturated carbocycles. The second kappa shape index (κ2) is 13.7. The summed E-state index contributed by atoms with van der Waals surface area (Å²) in [5.74, 6) is 0.429. The van der Waals surface area contributed by atoms with Gasteiger partial charge in [0.25, 0.3) is 0 Å². The van der Waals surface area contributed by atoms with Gasteiger partial charge in [0.2, 0.25) is 21.8 Å². The van der Waals surface area contributed by atoms with E-state index < -0.39 is 28.5 Å². The van der Waals surface area contributed by atoms with Gasteiger partial charge in [-0.1, -0.05) is 32.4 Å². The largest absolute Gasteiger partial charge is 0.497 e. The Morgan fingerprint density at radius 3 is 2.22 bits per heavy atom. The van der Waals surface area contributed by atoms with Crippen molar-refractivity contribution in [2.24, 2.45) is 0 Å². The van der Waals surface area contributed by atoms with Gasteiger partial charge in [-0.25, -0.2) is 8.42 Å². The first-order valence-electron chi connectivity index (χ1n) is 12.0. The molecule has 2 aromatic carbocycles. The molecule has 0 aliphatic carbocycles. The molecule has 2 rings (SSSR count). The van der Waals surface area contributed by atoms with E-state index in [1.807, 2.05) is 19.9 Å². The zero-order valence-electron chi connectivity index (χ0n) is 21.7. The summed E-state index contributed by atoms with van der Waals surface area (Å²) in [6.07, 6.45) is 3.17. The normalized spacial score (nSPS) is 11.9. The summed E-state index contributed by atoms with van der Waals surface area (Å²) >= 11 is 0. The molecular weight excluding hydrogens is 482 g/mol. The molecule has 0 fully saturated rings. The van der Waals surface area contributed by atoms with E-state index in [0.29, 0.717) is 30.2 Å². The molecule has 2 amide bonds. The summed E-state index contributed by atoms with van der Waals surface area (Å²) in [5, 5.41) is 2.90. The molecule has 0 aromatic heterocycles. The van der Waals surface area contributed by atoms with E-state index in [9.17, 15) is 18.0 Å². The predicted octanol–water partition coefficient (Wildman–Crippen LogP) is 3.19. The van der Waals surface area contributed by atoms with Crippen LogP contribution in [0.1, 0.15) is 38.7 Å². The third-order valence-corrected chi connectivity index (χ3v) is 6.88. The summed E-state index contributed by atoms with van der Waals surface area (Å²) < 4.78 is 36.8. The van der Waals surface area contributed by atoms with Gasteiger partial charge in [0, 0.05) is 13.1 Å². The van der Waals surface area contributed by atoms with Gasteiger partial charge in [-0.2, -0.15) is 0 Å². The second-order valence-electron chi connectivity index (χ2n) is 8.41. The molecule has 0 spiro atoms. The maximum atomic E-state index is 13.7. The van der Waals surface area contributed by atoms with Crippen molar-refractivity contribution in [3.8, 4) is 11.5 Å². The summed E-state index contributed by atoms with van der Waals surface area (Å²) in [6.45, 7) is 4.03. The van der Waals surface area contributed by atoms with Crippen molar-refractivity contribution in [2.75, 3.05) is 37.9 Å². The van der Waals surface area contributed by atoms with Crippen molar-refractivity contribution in [2.45, 2.75) is 45.7 Å². The number of amides is 2. The number of unbranched alkanes of at least 4 members (excludes halogenated alkanes) is 1. The third-order valence-electron chi connectivity index (χ3n) is 5.74. The predicted molar refractivity (Wildman–Crippen MR) is 141 cm³/mol. The summed E-state index contributed by atoms with van der Waals surface area (Å²) in [5.41, 5.74) is 1.09. The van der Waals surface area contributed by atoms with Crippen molar-refractivity contribution in [1.82, 2.24) is 10.2 Å². The van der Waals surface area contributed by atoms with Crippen molar-refractivity contribution in [1.29, 1.82) is 0 Å². The summed E-state index contributed by atoms with van der Waals surface area (Å²) in [7, 11) is -0.729. The first-order valence-corrected chi connectivity index (χ1v) is 13.8. The topological polar surface area (TPSA) is 105 Å².